The summed E-state index contributed by atoms with van der Waals surface area (Å²) >= 11 is 3.38. The number of hydrogen-bond donors (Lipinski definition) is 1. The summed E-state index contributed by atoms with van der Waals surface area (Å²) in [4.78, 5) is 28.7. The van der Waals surface area contributed by atoms with Crippen LogP contribution in [0.15, 0.2) is 75.0 Å². The van der Waals surface area contributed by atoms with Crippen molar-refractivity contribution in [1.29, 1.82) is 0 Å². The van der Waals surface area contributed by atoms with E-state index in [4.69, 9.17) is 9.47 Å². The molecule has 0 aliphatic heterocycles. The number of benzene rings is 3. The molecule has 1 N–H and O–H groups in total. The predicted octanol–water partition coefficient (Wildman–Crippen LogP) is 4.64. The summed E-state index contributed by atoms with van der Waals surface area (Å²) in [6.45, 7) is 1.82. The maximum atomic E-state index is 13.0. The summed E-state index contributed by atoms with van der Waals surface area (Å²) in [7, 11) is 1.52. The lowest BCUT2D eigenvalue weighted by Crippen LogP contribution is -2.20. The standard InChI is InChI=1S/C25H20BrN3O5/c1-15-28-21-10-9-19(26)12-20(21)24(30)29(15)27-13-18-7-4-8-22(33-2)23(18)34-14-16-5-3-6-17(11-16)25(31)32/h3-13H,14H2,1-2H3,(H,31,32). The fourth-order valence-electron chi connectivity index (χ4n) is 3.42. The first kappa shape index (κ1) is 23.2. The first-order valence-corrected chi connectivity index (χ1v) is 11.0. The van der Waals surface area contributed by atoms with Crippen molar-refractivity contribution in [1.82, 2.24) is 9.66 Å². The molecule has 4 aromatic rings. The number of aromatic nitrogens is 2. The number of halogens is 1. The van der Waals surface area contributed by atoms with Crippen LogP contribution < -0.4 is 15.0 Å². The van der Waals surface area contributed by atoms with Gasteiger partial charge in [0.1, 0.15) is 12.4 Å². The number of hydrogen-bond acceptors (Lipinski definition) is 6. The van der Waals surface area contributed by atoms with E-state index in [9.17, 15) is 14.7 Å². The Morgan fingerprint density at radius 1 is 1.18 bits per heavy atom. The normalized spacial score (nSPS) is 11.1. The Bertz CT molecular complexity index is 1480. The predicted molar refractivity (Wildman–Crippen MR) is 132 cm³/mol. The molecule has 1 aromatic heterocycles. The molecule has 0 unspecified atom stereocenters. The summed E-state index contributed by atoms with van der Waals surface area (Å²) in [6, 6.07) is 17.1. The minimum atomic E-state index is -1.01. The Morgan fingerprint density at radius 3 is 2.74 bits per heavy atom. The molecule has 0 aliphatic carbocycles. The van der Waals surface area contributed by atoms with Crippen LogP contribution in [-0.2, 0) is 6.61 Å². The van der Waals surface area contributed by atoms with Gasteiger partial charge in [0.2, 0.25) is 0 Å². The fourth-order valence-corrected chi connectivity index (χ4v) is 3.78. The lowest BCUT2D eigenvalue weighted by atomic mass is 10.1. The number of aromatic carboxylic acids is 1. The fraction of sp³-hybridized carbons (Fsp3) is 0.120. The zero-order valence-electron chi connectivity index (χ0n) is 18.4. The first-order valence-electron chi connectivity index (χ1n) is 10.2. The van der Waals surface area contributed by atoms with Crippen molar-refractivity contribution >= 4 is 39.0 Å². The number of carbonyl (C=O) groups is 1. The van der Waals surface area contributed by atoms with Crippen molar-refractivity contribution < 1.29 is 19.4 Å². The average Bonchev–Trinajstić information content (AvgIpc) is 2.83. The highest BCUT2D eigenvalue weighted by Gasteiger charge is 2.12. The second kappa shape index (κ2) is 9.88. The monoisotopic (exact) mass is 521 g/mol. The maximum Gasteiger partial charge on any atom is 0.335 e. The largest absolute Gasteiger partial charge is 0.493 e. The van der Waals surface area contributed by atoms with Gasteiger partial charge < -0.3 is 14.6 Å². The number of ether oxygens (including phenoxy) is 2. The van der Waals surface area contributed by atoms with Gasteiger partial charge in [-0.15, -0.1) is 0 Å². The number of carboxylic acids is 1. The van der Waals surface area contributed by atoms with Gasteiger partial charge in [-0.3, -0.25) is 4.79 Å². The second-order valence-corrected chi connectivity index (χ2v) is 8.27. The van der Waals surface area contributed by atoms with Crippen molar-refractivity contribution in [3.63, 3.8) is 0 Å². The van der Waals surface area contributed by atoms with Crippen molar-refractivity contribution in [3.05, 3.63) is 98.0 Å². The summed E-state index contributed by atoms with van der Waals surface area (Å²) in [5.74, 6) is 0.315. The Kier molecular flexibility index (Phi) is 6.74. The highest BCUT2D eigenvalue weighted by atomic mass is 79.9. The van der Waals surface area contributed by atoms with E-state index in [0.717, 1.165) is 4.47 Å². The molecule has 8 nitrogen and oxygen atoms in total. The Hall–Kier alpha value is -3.98. The topological polar surface area (TPSA) is 103 Å². The molecule has 0 bridgehead atoms. The molecule has 0 spiro atoms. The Morgan fingerprint density at radius 2 is 1.97 bits per heavy atom. The van der Waals surface area contributed by atoms with Gasteiger partial charge in [-0.05, 0) is 55.0 Å². The molecule has 3 aromatic carbocycles. The van der Waals surface area contributed by atoms with Crippen LogP contribution in [0.2, 0.25) is 0 Å². The van der Waals surface area contributed by atoms with E-state index in [-0.39, 0.29) is 17.7 Å². The molecule has 4 rings (SSSR count). The Labute approximate surface area is 203 Å². The smallest absolute Gasteiger partial charge is 0.335 e. The highest BCUT2D eigenvalue weighted by Crippen LogP contribution is 2.31. The molecule has 0 aliphatic rings. The van der Waals surface area contributed by atoms with Crippen LogP contribution >= 0.6 is 15.9 Å². The van der Waals surface area contributed by atoms with Gasteiger partial charge in [0.25, 0.3) is 5.56 Å². The molecule has 0 radical (unpaired) electrons. The molecule has 172 valence electrons. The van der Waals surface area contributed by atoms with Crippen molar-refractivity contribution in [2.24, 2.45) is 5.10 Å². The lowest BCUT2D eigenvalue weighted by Gasteiger charge is -2.13. The quantitative estimate of drug-likeness (QED) is 0.355. The number of methoxy groups -OCH3 is 1. The van der Waals surface area contributed by atoms with Crippen molar-refractivity contribution in [2.75, 3.05) is 7.11 Å². The van der Waals surface area contributed by atoms with E-state index in [1.807, 2.05) is 6.07 Å². The maximum absolute atomic E-state index is 13.0. The first-order chi connectivity index (χ1) is 16.4. The van der Waals surface area contributed by atoms with E-state index in [0.29, 0.717) is 39.4 Å². The summed E-state index contributed by atoms with van der Waals surface area (Å²) < 4.78 is 13.4. The van der Waals surface area contributed by atoms with E-state index in [2.05, 4.69) is 26.0 Å². The molecular weight excluding hydrogens is 502 g/mol. The number of nitrogens with zero attached hydrogens (tertiary/aromatic N) is 3. The van der Waals surface area contributed by atoms with Crippen LogP contribution in [0.25, 0.3) is 10.9 Å². The summed E-state index contributed by atoms with van der Waals surface area (Å²) in [5, 5.41) is 14.0. The zero-order valence-corrected chi connectivity index (χ0v) is 19.9. The van der Waals surface area contributed by atoms with Crippen LogP contribution in [0.5, 0.6) is 11.5 Å². The summed E-state index contributed by atoms with van der Waals surface area (Å²) in [5.41, 5.74) is 1.73. The van der Waals surface area contributed by atoms with E-state index in [1.165, 1.54) is 24.1 Å². The molecule has 0 atom stereocenters. The zero-order chi connectivity index (χ0) is 24.2. The van der Waals surface area contributed by atoms with E-state index in [1.54, 1.807) is 55.5 Å². The van der Waals surface area contributed by atoms with Crippen LogP contribution in [0, 0.1) is 6.92 Å². The third-order valence-electron chi connectivity index (χ3n) is 5.07. The summed E-state index contributed by atoms with van der Waals surface area (Å²) in [6.07, 6.45) is 1.51. The number of aryl methyl sites for hydroxylation is 1. The van der Waals surface area contributed by atoms with Gasteiger partial charge in [-0.1, -0.05) is 34.1 Å². The van der Waals surface area contributed by atoms with Crippen LogP contribution in [0.1, 0.15) is 27.3 Å². The Balaban J connectivity index is 1.69. The lowest BCUT2D eigenvalue weighted by molar-refractivity contribution is 0.0696. The van der Waals surface area contributed by atoms with Gasteiger partial charge in [0.15, 0.2) is 11.5 Å². The van der Waals surface area contributed by atoms with E-state index < -0.39 is 5.97 Å². The average molecular weight is 522 g/mol. The van der Waals surface area contributed by atoms with E-state index >= 15 is 0 Å². The highest BCUT2D eigenvalue weighted by molar-refractivity contribution is 9.10. The minimum Gasteiger partial charge on any atom is -0.493 e. The number of fused-ring (bicyclic) bond motifs is 1. The van der Waals surface area contributed by atoms with Gasteiger partial charge in [0.05, 0.1) is 29.8 Å². The molecule has 0 saturated heterocycles. The molecular formula is C25H20BrN3O5. The van der Waals surface area contributed by atoms with Gasteiger partial charge in [-0.2, -0.15) is 9.78 Å². The second-order valence-electron chi connectivity index (χ2n) is 7.35. The minimum absolute atomic E-state index is 0.118. The van der Waals surface area contributed by atoms with Gasteiger partial charge >= 0.3 is 5.97 Å². The molecule has 34 heavy (non-hydrogen) atoms. The third-order valence-corrected chi connectivity index (χ3v) is 5.56. The molecule has 0 saturated carbocycles. The van der Waals surface area contributed by atoms with Gasteiger partial charge in [0, 0.05) is 10.0 Å². The number of carboxylic acid groups (broad SMARTS) is 1. The number of para-hydroxylation sites is 1. The SMILES string of the molecule is COc1cccc(C=Nn2c(C)nc3ccc(Br)cc3c2=O)c1OCc1cccc(C(=O)O)c1. The van der Waals surface area contributed by atoms with Gasteiger partial charge in [-0.25, -0.2) is 9.78 Å². The third kappa shape index (κ3) is 4.84. The van der Waals surface area contributed by atoms with Crippen molar-refractivity contribution in [3.8, 4) is 11.5 Å². The molecule has 9 heteroatoms. The molecule has 0 fully saturated rings. The molecule has 1 heterocycles. The molecule has 0 amide bonds. The van der Waals surface area contributed by atoms with Crippen molar-refractivity contribution in [2.45, 2.75) is 13.5 Å². The van der Waals surface area contributed by atoms with Crippen LogP contribution in [0.3, 0.4) is 0 Å². The number of rotatable bonds is 7. The van der Waals surface area contributed by atoms with Crippen LogP contribution in [-0.4, -0.2) is 34.1 Å². The van der Waals surface area contributed by atoms with Crippen LogP contribution in [0.4, 0.5) is 0 Å².